The van der Waals surface area contributed by atoms with E-state index in [-0.39, 0.29) is 5.78 Å². The number of rotatable bonds is 4. The number of Topliss-reactive ketones (excluding diaryl/α,β-unsaturated/α-hetero) is 1. The molecule has 2 fully saturated rings. The molecule has 1 saturated heterocycles. The molecule has 5 nitrogen and oxygen atoms in total. The van der Waals surface area contributed by atoms with Crippen LogP contribution in [0.25, 0.3) is 0 Å². The van der Waals surface area contributed by atoms with E-state index in [1.807, 2.05) is 6.07 Å². The molecule has 2 heterocycles. The van der Waals surface area contributed by atoms with E-state index in [9.17, 15) is 13.2 Å². The maximum absolute atomic E-state index is 12.8. The van der Waals surface area contributed by atoms with Gasteiger partial charge < -0.3 is 0 Å². The van der Waals surface area contributed by atoms with Crippen LogP contribution in [0.2, 0.25) is 0 Å². The maximum atomic E-state index is 12.8. The van der Waals surface area contributed by atoms with Gasteiger partial charge in [0.05, 0.1) is 18.5 Å². The number of hydrogen-bond acceptors (Lipinski definition) is 4. The molecule has 0 radical (unpaired) electrons. The highest BCUT2D eigenvalue weighted by Gasteiger charge is 2.32. The minimum Gasteiger partial charge on any atom is -0.296 e. The SMILES string of the molecule is CS(=O)(=O)N1CCc2cc(C(=O)CN3CC[C@H]4CCCC[C@H]4C3)ccc21. The van der Waals surface area contributed by atoms with Gasteiger partial charge in [0.1, 0.15) is 0 Å². The van der Waals surface area contributed by atoms with Crippen LogP contribution in [0, 0.1) is 11.8 Å². The van der Waals surface area contributed by atoms with Crippen LogP contribution in [0.4, 0.5) is 5.69 Å². The number of benzene rings is 1. The van der Waals surface area contributed by atoms with Gasteiger partial charge in [0.2, 0.25) is 10.0 Å². The highest BCUT2D eigenvalue weighted by Crippen LogP contribution is 2.36. The fourth-order valence-corrected chi connectivity index (χ4v) is 5.96. The van der Waals surface area contributed by atoms with E-state index in [1.165, 1.54) is 42.7 Å². The van der Waals surface area contributed by atoms with E-state index in [0.29, 0.717) is 25.1 Å². The van der Waals surface area contributed by atoms with Gasteiger partial charge in [-0.2, -0.15) is 0 Å². The fraction of sp³-hybridized carbons (Fsp3) is 0.650. The molecular formula is C20H28N2O3S. The maximum Gasteiger partial charge on any atom is 0.232 e. The first kappa shape index (κ1) is 18.0. The molecule has 26 heavy (non-hydrogen) atoms. The molecule has 1 aromatic carbocycles. The Morgan fingerprint density at radius 2 is 1.88 bits per heavy atom. The number of carbonyl (C=O) groups is 1. The zero-order chi connectivity index (χ0) is 18.3. The molecule has 0 bridgehead atoms. The van der Waals surface area contributed by atoms with E-state index < -0.39 is 10.0 Å². The summed E-state index contributed by atoms with van der Waals surface area (Å²) in [6, 6.07) is 5.48. The highest BCUT2D eigenvalue weighted by atomic mass is 32.2. The number of piperidine rings is 1. The Kier molecular flexibility index (Phi) is 4.82. The number of ketones is 1. The Morgan fingerprint density at radius 3 is 2.65 bits per heavy atom. The molecule has 2 atom stereocenters. The molecule has 0 amide bonds. The monoisotopic (exact) mass is 376 g/mol. The molecule has 0 unspecified atom stereocenters. The topological polar surface area (TPSA) is 57.7 Å². The average molecular weight is 377 g/mol. The number of carbonyl (C=O) groups excluding carboxylic acids is 1. The molecule has 0 N–H and O–H groups in total. The Labute approximate surface area is 156 Å². The normalized spacial score (nSPS) is 26.4. The van der Waals surface area contributed by atoms with Crippen LogP contribution in [0.5, 0.6) is 0 Å². The molecule has 1 saturated carbocycles. The Morgan fingerprint density at radius 1 is 1.12 bits per heavy atom. The molecule has 2 aliphatic heterocycles. The lowest BCUT2D eigenvalue weighted by Gasteiger charge is -2.41. The van der Waals surface area contributed by atoms with Gasteiger partial charge in [0.25, 0.3) is 0 Å². The first-order chi connectivity index (χ1) is 12.4. The van der Waals surface area contributed by atoms with Gasteiger partial charge in [-0.05, 0) is 61.4 Å². The van der Waals surface area contributed by atoms with Crippen molar-refractivity contribution in [2.75, 3.05) is 36.7 Å². The van der Waals surface area contributed by atoms with Crippen molar-refractivity contribution in [3.8, 4) is 0 Å². The summed E-state index contributed by atoms with van der Waals surface area (Å²) < 4.78 is 25.1. The first-order valence-corrected chi connectivity index (χ1v) is 11.6. The molecule has 1 aromatic rings. The van der Waals surface area contributed by atoms with Gasteiger partial charge in [-0.25, -0.2) is 8.42 Å². The minimum absolute atomic E-state index is 0.153. The zero-order valence-electron chi connectivity index (χ0n) is 15.5. The van der Waals surface area contributed by atoms with Crippen molar-refractivity contribution < 1.29 is 13.2 Å². The van der Waals surface area contributed by atoms with E-state index in [0.717, 1.165) is 36.2 Å². The van der Waals surface area contributed by atoms with Crippen molar-refractivity contribution in [1.29, 1.82) is 0 Å². The van der Waals surface area contributed by atoms with Crippen LogP contribution in [-0.4, -0.2) is 51.5 Å². The summed E-state index contributed by atoms with van der Waals surface area (Å²) in [5.74, 6) is 1.80. The largest absolute Gasteiger partial charge is 0.296 e. The van der Waals surface area contributed by atoms with Crippen LogP contribution in [0.1, 0.15) is 48.0 Å². The minimum atomic E-state index is -3.24. The van der Waals surface area contributed by atoms with Crippen molar-refractivity contribution in [2.24, 2.45) is 11.8 Å². The van der Waals surface area contributed by atoms with Crippen molar-refractivity contribution in [3.05, 3.63) is 29.3 Å². The van der Waals surface area contributed by atoms with Crippen LogP contribution in [-0.2, 0) is 16.4 Å². The van der Waals surface area contributed by atoms with Crippen molar-refractivity contribution in [3.63, 3.8) is 0 Å². The van der Waals surface area contributed by atoms with Crippen molar-refractivity contribution in [1.82, 2.24) is 4.90 Å². The smallest absolute Gasteiger partial charge is 0.232 e. The summed E-state index contributed by atoms with van der Waals surface area (Å²) >= 11 is 0. The highest BCUT2D eigenvalue weighted by molar-refractivity contribution is 7.92. The van der Waals surface area contributed by atoms with Crippen LogP contribution in [0.15, 0.2) is 18.2 Å². The summed E-state index contributed by atoms with van der Waals surface area (Å²) in [6.45, 7) is 3.04. The summed E-state index contributed by atoms with van der Waals surface area (Å²) in [6.07, 6.45) is 8.53. The van der Waals surface area contributed by atoms with E-state index >= 15 is 0 Å². The quantitative estimate of drug-likeness (QED) is 0.758. The van der Waals surface area contributed by atoms with Crippen molar-refractivity contribution in [2.45, 2.75) is 38.5 Å². The van der Waals surface area contributed by atoms with Crippen LogP contribution < -0.4 is 4.31 Å². The third-order valence-electron chi connectivity index (χ3n) is 6.40. The molecular weight excluding hydrogens is 348 g/mol. The molecule has 142 valence electrons. The predicted molar refractivity (Wildman–Crippen MR) is 103 cm³/mol. The number of likely N-dealkylation sites (tertiary alicyclic amines) is 1. The summed E-state index contributed by atoms with van der Waals surface area (Å²) in [7, 11) is -3.24. The average Bonchev–Trinajstić information content (AvgIpc) is 3.05. The Bertz CT molecular complexity index is 805. The van der Waals surface area contributed by atoms with Gasteiger partial charge in [0.15, 0.2) is 5.78 Å². The molecule has 4 rings (SSSR count). The third-order valence-corrected chi connectivity index (χ3v) is 7.58. The lowest BCUT2D eigenvalue weighted by atomic mass is 9.75. The second-order valence-corrected chi connectivity index (χ2v) is 10.1. The van der Waals surface area contributed by atoms with Crippen LogP contribution >= 0.6 is 0 Å². The second kappa shape index (κ2) is 6.97. The predicted octanol–water partition coefficient (Wildman–Crippen LogP) is 2.70. The van der Waals surface area contributed by atoms with Crippen molar-refractivity contribution >= 4 is 21.5 Å². The number of anilines is 1. The summed E-state index contributed by atoms with van der Waals surface area (Å²) in [5.41, 5.74) is 2.41. The second-order valence-electron chi connectivity index (χ2n) is 8.18. The van der Waals surface area contributed by atoms with E-state index in [1.54, 1.807) is 12.1 Å². The van der Waals surface area contributed by atoms with Gasteiger partial charge in [-0.3, -0.25) is 14.0 Å². The number of sulfonamides is 1. The molecule has 6 heteroatoms. The zero-order valence-corrected chi connectivity index (χ0v) is 16.3. The molecule has 0 aromatic heterocycles. The Hall–Kier alpha value is -1.40. The molecule has 0 spiro atoms. The number of nitrogens with zero attached hydrogens (tertiary/aromatic N) is 2. The third kappa shape index (κ3) is 3.54. The summed E-state index contributed by atoms with van der Waals surface area (Å²) in [4.78, 5) is 15.1. The van der Waals surface area contributed by atoms with Gasteiger partial charge >= 0.3 is 0 Å². The van der Waals surface area contributed by atoms with Gasteiger partial charge in [-0.15, -0.1) is 0 Å². The van der Waals surface area contributed by atoms with Gasteiger partial charge in [-0.1, -0.05) is 19.3 Å². The number of fused-ring (bicyclic) bond motifs is 2. The standard InChI is InChI=1S/C20H28N2O3S/c1-26(24,25)22-11-9-16-12-17(6-7-19(16)22)20(23)14-21-10-8-15-4-2-3-5-18(15)13-21/h6-7,12,15,18H,2-5,8-11,13-14H2,1H3/t15-,18+/m1/s1. The summed E-state index contributed by atoms with van der Waals surface area (Å²) in [5, 5.41) is 0. The lowest BCUT2D eigenvalue weighted by molar-refractivity contribution is 0.0713. The first-order valence-electron chi connectivity index (χ1n) is 9.78. The molecule has 1 aliphatic carbocycles. The lowest BCUT2D eigenvalue weighted by Crippen LogP contribution is -2.43. The fourth-order valence-electron chi connectivity index (χ4n) is 5.00. The number of hydrogen-bond donors (Lipinski definition) is 0. The van der Waals surface area contributed by atoms with Gasteiger partial charge in [0, 0.05) is 18.7 Å². The van der Waals surface area contributed by atoms with Crippen LogP contribution in [0.3, 0.4) is 0 Å². The molecule has 3 aliphatic rings. The van der Waals surface area contributed by atoms with E-state index in [4.69, 9.17) is 0 Å². The Balaban J connectivity index is 1.43. The van der Waals surface area contributed by atoms with E-state index in [2.05, 4.69) is 4.90 Å².